The summed E-state index contributed by atoms with van der Waals surface area (Å²) in [6.07, 6.45) is -7.30. The monoisotopic (exact) mass is 695 g/mol. The van der Waals surface area contributed by atoms with E-state index in [4.69, 9.17) is 14.2 Å². The molecule has 13 nitrogen and oxygen atoms in total. The lowest BCUT2D eigenvalue weighted by Crippen LogP contribution is -2.58. The summed E-state index contributed by atoms with van der Waals surface area (Å²) >= 11 is 0. The lowest BCUT2D eigenvalue weighted by molar-refractivity contribution is -0.165. The first-order chi connectivity index (χ1) is 23.1. The van der Waals surface area contributed by atoms with Gasteiger partial charge >= 0.3 is 24.3 Å². The van der Waals surface area contributed by atoms with E-state index in [1.54, 1.807) is 81.4 Å². The van der Waals surface area contributed by atoms with Crippen LogP contribution in [0.25, 0.3) is 0 Å². The van der Waals surface area contributed by atoms with Gasteiger partial charge < -0.3 is 30.2 Å². The number of unbranched alkanes of at least 4 members (excludes halogenated alkanes) is 1. The van der Waals surface area contributed by atoms with Crippen molar-refractivity contribution < 1.29 is 51.4 Å². The Hall–Kier alpha value is -4.86. The van der Waals surface area contributed by atoms with Crippen LogP contribution in [0.4, 0.5) is 22.8 Å². The van der Waals surface area contributed by atoms with Gasteiger partial charge in [-0.15, -0.1) is 0 Å². The molecule has 2 rings (SSSR count). The van der Waals surface area contributed by atoms with Gasteiger partial charge in [0.25, 0.3) is 5.91 Å². The Balaban J connectivity index is 2.03. The number of benzene rings is 2. The lowest BCUT2D eigenvalue weighted by Gasteiger charge is -2.25. The highest BCUT2D eigenvalue weighted by Crippen LogP contribution is 2.22. The molecule has 0 spiro atoms. The van der Waals surface area contributed by atoms with Crippen molar-refractivity contribution in [1.29, 1.82) is 0 Å². The van der Waals surface area contributed by atoms with E-state index < -0.39 is 66.3 Å². The molecule has 0 saturated carbocycles. The number of hydrogen-bond donors (Lipinski definition) is 5. The van der Waals surface area contributed by atoms with E-state index in [-0.39, 0.29) is 32.4 Å². The van der Waals surface area contributed by atoms with Crippen molar-refractivity contribution in [1.82, 2.24) is 26.8 Å². The first-order valence-electron chi connectivity index (χ1n) is 15.5. The lowest BCUT2D eigenvalue weighted by atomic mass is 10.1. The van der Waals surface area contributed by atoms with Crippen LogP contribution in [0.3, 0.4) is 0 Å². The molecule has 0 aliphatic carbocycles. The van der Waals surface area contributed by atoms with E-state index in [0.29, 0.717) is 17.5 Å². The molecule has 0 radical (unpaired) electrons. The molecule has 270 valence electrons. The van der Waals surface area contributed by atoms with Crippen LogP contribution >= 0.6 is 0 Å². The summed E-state index contributed by atoms with van der Waals surface area (Å²) in [6, 6.07) is 12.0. The summed E-state index contributed by atoms with van der Waals surface area (Å²) < 4.78 is 56.9. The van der Waals surface area contributed by atoms with Gasteiger partial charge in [0.2, 0.25) is 5.91 Å². The predicted molar refractivity (Wildman–Crippen MR) is 171 cm³/mol. The van der Waals surface area contributed by atoms with Crippen LogP contribution in [0.1, 0.15) is 57.6 Å². The number of carbonyl (C=O) groups is 5. The molecule has 2 aromatic rings. The zero-order valence-corrected chi connectivity index (χ0v) is 27.9. The van der Waals surface area contributed by atoms with Crippen molar-refractivity contribution in [3.8, 4) is 0 Å². The molecular formula is C33H44F3N5O8. The topological polar surface area (TPSA) is 173 Å². The molecule has 49 heavy (non-hydrogen) atoms. The number of esters is 1. The first-order valence-corrected chi connectivity index (χ1v) is 15.5. The Morgan fingerprint density at radius 3 is 1.98 bits per heavy atom. The predicted octanol–water partition coefficient (Wildman–Crippen LogP) is 3.82. The van der Waals surface area contributed by atoms with Gasteiger partial charge in [0, 0.05) is 13.0 Å². The molecule has 0 aromatic heterocycles. The third kappa shape index (κ3) is 16.7. The van der Waals surface area contributed by atoms with Gasteiger partial charge in [-0.2, -0.15) is 13.2 Å². The van der Waals surface area contributed by atoms with Crippen molar-refractivity contribution in [2.75, 3.05) is 13.7 Å². The molecule has 0 saturated heterocycles. The smallest absolute Gasteiger partial charge is 0.408 e. The Bertz CT molecular complexity index is 1360. The molecule has 5 N–H and O–H groups in total. The normalized spacial score (nSPS) is 13.2. The number of carbonyl (C=O) groups excluding carboxylic acids is 5. The molecular weight excluding hydrogens is 651 g/mol. The summed E-state index contributed by atoms with van der Waals surface area (Å²) in [6.45, 7) is 5.15. The van der Waals surface area contributed by atoms with Gasteiger partial charge in [0.1, 0.15) is 30.3 Å². The molecule has 16 heteroatoms. The quantitative estimate of drug-likeness (QED) is 0.0714. The zero-order valence-electron chi connectivity index (χ0n) is 27.9. The SMILES string of the molecule is COC(=O)C(Cc1ccccc1)NC(=O)CC(NNC(=O)C(CCCCNC(=O)OC(C)(C)C)NC(=O)OCc1ccccc1)C(F)(F)F. The van der Waals surface area contributed by atoms with E-state index in [1.807, 2.05) is 10.9 Å². The fourth-order valence-corrected chi connectivity index (χ4v) is 4.27. The maximum atomic E-state index is 13.9. The van der Waals surface area contributed by atoms with Gasteiger partial charge in [0.15, 0.2) is 0 Å². The molecule has 0 aliphatic heterocycles. The standard InChI is InChI=1S/C33H44F3N5O8/c1-32(2,3)49-30(45)37-18-12-11-17-24(39-31(46)48-21-23-15-9-6-10-16-23)28(43)41-40-26(33(34,35)36)20-27(42)38-25(29(44)47-4)19-22-13-7-5-8-14-22/h5-10,13-16,24-26,40H,11-12,17-21H2,1-4H3,(H,37,45)(H,38,42)(H,39,46)(H,41,43). The molecule has 3 atom stereocenters. The first kappa shape index (κ1) is 40.3. The van der Waals surface area contributed by atoms with E-state index in [0.717, 1.165) is 7.11 Å². The van der Waals surface area contributed by atoms with Crippen LogP contribution in [0.5, 0.6) is 0 Å². The summed E-state index contributed by atoms with van der Waals surface area (Å²) in [7, 11) is 1.08. The van der Waals surface area contributed by atoms with E-state index >= 15 is 0 Å². The van der Waals surface area contributed by atoms with Crippen LogP contribution in [0.2, 0.25) is 0 Å². The fraction of sp³-hybridized carbons (Fsp3) is 0.485. The maximum absolute atomic E-state index is 13.9. The highest BCUT2D eigenvalue weighted by Gasteiger charge is 2.42. The van der Waals surface area contributed by atoms with Crippen LogP contribution in [0, 0.1) is 0 Å². The van der Waals surface area contributed by atoms with Crippen LogP contribution in [-0.4, -0.2) is 73.5 Å². The molecule has 0 bridgehead atoms. The van der Waals surface area contributed by atoms with Crippen molar-refractivity contribution in [3.63, 3.8) is 0 Å². The Kier molecular flexibility index (Phi) is 16.3. The van der Waals surface area contributed by atoms with Crippen molar-refractivity contribution in [3.05, 3.63) is 71.8 Å². The number of ether oxygens (including phenoxy) is 3. The highest BCUT2D eigenvalue weighted by atomic mass is 19.4. The molecule has 2 aromatic carbocycles. The number of methoxy groups -OCH3 is 1. The van der Waals surface area contributed by atoms with E-state index in [1.165, 1.54) is 0 Å². The second-order valence-electron chi connectivity index (χ2n) is 11.9. The number of halogens is 3. The van der Waals surface area contributed by atoms with Crippen LogP contribution < -0.4 is 26.8 Å². The Morgan fingerprint density at radius 2 is 1.41 bits per heavy atom. The van der Waals surface area contributed by atoms with E-state index in [2.05, 4.69) is 16.0 Å². The number of alkyl halides is 3. The summed E-state index contributed by atoms with van der Waals surface area (Å²) in [5.74, 6) is -3.02. The number of hydrogen-bond acceptors (Lipinski definition) is 9. The molecule has 0 fully saturated rings. The summed E-state index contributed by atoms with van der Waals surface area (Å²) in [5, 5.41) is 7.17. The summed E-state index contributed by atoms with van der Waals surface area (Å²) in [4.78, 5) is 62.4. The fourth-order valence-electron chi connectivity index (χ4n) is 4.27. The second-order valence-corrected chi connectivity index (χ2v) is 11.9. The third-order valence-electron chi connectivity index (χ3n) is 6.67. The number of alkyl carbamates (subject to hydrolysis) is 2. The van der Waals surface area contributed by atoms with Gasteiger partial charge in [-0.25, -0.2) is 19.8 Å². The largest absolute Gasteiger partial charge is 0.467 e. The van der Waals surface area contributed by atoms with Crippen LogP contribution in [0.15, 0.2) is 60.7 Å². The van der Waals surface area contributed by atoms with Crippen molar-refractivity contribution in [2.24, 2.45) is 0 Å². The number of nitrogens with one attached hydrogen (secondary N) is 5. The minimum atomic E-state index is -5.00. The molecule has 4 amide bonds. The van der Waals surface area contributed by atoms with E-state index in [9.17, 15) is 37.1 Å². The van der Waals surface area contributed by atoms with Crippen molar-refractivity contribution >= 4 is 30.0 Å². The average molecular weight is 696 g/mol. The Morgan fingerprint density at radius 1 is 0.796 bits per heavy atom. The minimum absolute atomic E-state index is 0.0267. The molecule has 3 unspecified atom stereocenters. The van der Waals surface area contributed by atoms with Gasteiger partial charge in [-0.3, -0.25) is 15.0 Å². The highest BCUT2D eigenvalue weighted by molar-refractivity contribution is 5.86. The third-order valence-corrected chi connectivity index (χ3v) is 6.67. The zero-order chi connectivity index (χ0) is 36.5. The minimum Gasteiger partial charge on any atom is -0.467 e. The average Bonchev–Trinajstić information content (AvgIpc) is 3.03. The number of hydrazine groups is 1. The second kappa shape index (κ2) is 19.8. The number of rotatable bonds is 17. The van der Waals surface area contributed by atoms with Gasteiger partial charge in [0.05, 0.1) is 13.5 Å². The van der Waals surface area contributed by atoms with Gasteiger partial charge in [-0.1, -0.05) is 60.7 Å². The number of amides is 4. The Labute approximate surface area is 283 Å². The van der Waals surface area contributed by atoms with Crippen LogP contribution in [-0.2, 0) is 41.6 Å². The molecule has 0 aliphatic rings. The maximum Gasteiger partial charge on any atom is 0.408 e. The van der Waals surface area contributed by atoms with Gasteiger partial charge in [-0.05, 0) is 51.2 Å². The summed E-state index contributed by atoms with van der Waals surface area (Å²) in [5.41, 5.74) is 4.38. The molecule has 0 heterocycles. The van der Waals surface area contributed by atoms with Crippen molar-refractivity contribution in [2.45, 2.75) is 89.4 Å².